The molecule has 1 aromatic carbocycles. The molecule has 0 aromatic heterocycles. The van der Waals surface area contributed by atoms with Gasteiger partial charge in [0.2, 0.25) is 5.91 Å². The Morgan fingerprint density at radius 2 is 2.29 bits per heavy atom. The third-order valence-corrected chi connectivity index (χ3v) is 2.69. The van der Waals surface area contributed by atoms with E-state index in [9.17, 15) is 4.79 Å². The van der Waals surface area contributed by atoms with E-state index in [2.05, 4.69) is 10.6 Å². The first-order chi connectivity index (χ1) is 8.28. The molecule has 0 heterocycles. The highest BCUT2D eigenvalue weighted by Gasteiger charge is 2.22. The van der Waals surface area contributed by atoms with Crippen molar-refractivity contribution in [2.75, 3.05) is 19.0 Å². The van der Waals surface area contributed by atoms with Gasteiger partial charge in [-0.05, 0) is 25.0 Å². The molecular weight excluding hydrogens is 216 g/mol. The Labute approximate surface area is 101 Å². The van der Waals surface area contributed by atoms with Crippen molar-refractivity contribution < 1.29 is 9.53 Å². The molecule has 2 rings (SSSR count). The second-order valence-corrected chi connectivity index (χ2v) is 4.25. The van der Waals surface area contributed by atoms with E-state index in [1.807, 2.05) is 24.3 Å². The summed E-state index contributed by atoms with van der Waals surface area (Å²) in [6.45, 7) is 0.645. The van der Waals surface area contributed by atoms with E-state index < -0.39 is 0 Å². The van der Waals surface area contributed by atoms with E-state index in [4.69, 9.17) is 4.74 Å². The average molecular weight is 234 g/mol. The number of benzene rings is 1. The van der Waals surface area contributed by atoms with Crippen LogP contribution in [0, 0.1) is 0 Å². The van der Waals surface area contributed by atoms with Crippen LogP contribution in [0.5, 0.6) is 5.75 Å². The molecule has 0 aliphatic heterocycles. The van der Waals surface area contributed by atoms with Crippen molar-refractivity contribution in [3.8, 4) is 5.75 Å². The SMILES string of the molecule is COc1cccc(NCCC(=O)NC2CC2)c1. The molecule has 1 saturated carbocycles. The number of amides is 1. The highest BCUT2D eigenvalue weighted by molar-refractivity contribution is 5.77. The average Bonchev–Trinajstić information content (AvgIpc) is 3.13. The fourth-order valence-electron chi connectivity index (χ4n) is 1.58. The smallest absolute Gasteiger partial charge is 0.221 e. The fraction of sp³-hybridized carbons (Fsp3) is 0.462. The molecule has 17 heavy (non-hydrogen) atoms. The number of ether oxygens (including phenoxy) is 1. The normalized spacial score (nSPS) is 14.2. The van der Waals surface area contributed by atoms with Gasteiger partial charge in [-0.15, -0.1) is 0 Å². The van der Waals surface area contributed by atoms with Crippen LogP contribution in [0.25, 0.3) is 0 Å². The van der Waals surface area contributed by atoms with Gasteiger partial charge in [-0.2, -0.15) is 0 Å². The number of carbonyl (C=O) groups excluding carboxylic acids is 1. The minimum absolute atomic E-state index is 0.128. The summed E-state index contributed by atoms with van der Waals surface area (Å²) < 4.78 is 5.12. The highest BCUT2D eigenvalue weighted by atomic mass is 16.5. The summed E-state index contributed by atoms with van der Waals surface area (Å²) >= 11 is 0. The van der Waals surface area contributed by atoms with Crippen molar-refractivity contribution in [3.05, 3.63) is 24.3 Å². The summed E-state index contributed by atoms with van der Waals surface area (Å²) in [5, 5.41) is 6.16. The maximum Gasteiger partial charge on any atom is 0.221 e. The van der Waals surface area contributed by atoms with Gasteiger partial charge >= 0.3 is 0 Å². The van der Waals surface area contributed by atoms with Gasteiger partial charge in [-0.3, -0.25) is 4.79 Å². The number of carbonyl (C=O) groups is 1. The molecule has 2 N–H and O–H groups in total. The van der Waals surface area contributed by atoms with Gasteiger partial charge in [0.05, 0.1) is 7.11 Å². The highest BCUT2D eigenvalue weighted by Crippen LogP contribution is 2.19. The first kappa shape index (κ1) is 11.8. The Morgan fingerprint density at radius 3 is 3.00 bits per heavy atom. The van der Waals surface area contributed by atoms with E-state index in [1.54, 1.807) is 7.11 Å². The van der Waals surface area contributed by atoms with Gasteiger partial charge in [0, 0.05) is 30.8 Å². The molecule has 1 aliphatic rings. The lowest BCUT2D eigenvalue weighted by atomic mass is 10.3. The van der Waals surface area contributed by atoms with Crippen LogP contribution in [0.15, 0.2) is 24.3 Å². The van der Waals surface area contributed by atoms with Crippen molar-refractivity contribution in [1.29, 1.82) is 0 Å². The summed E-state index contributed by atoms with van der Waals surface area (Å²) in [6, 6.07) is 8.13. The van der Waals surface area contributed by atoms with Crippen molar-refractivity contribution in [3.63, 3.8) is 0 Å². The third-order valence-electron chi connectivity index (χ3n) is 2.69. The summed E-state index contributed by atoms with van der Waals surface area (Å²) in [7, 11) is 1.64. The maximum atomic E-state index is 11.4. The fourth-order valence-corrected chi connectivity index (χ4v) is 1.58. The lowest BCUT2D eigenvalue weighted by Gasteiger charge is -2.08. The zero-order valence-electron chi connectivity index (χ0n) is 10.0. The number of anilines is 1. The standard InChI is InChI=1S/C13H18N2O2/c1-17-12-4-2-3-11(9-12)14-8-7-13(16)15-10-5-6-10/h2-4,9-10,14H,5-8H2,1H3,(H,15,16). The van der Waals surface area contributed by atoms with Crippen molar-refractivity contribution in [2.24, 2.45) is 0 Å². The minimum Gasteiger partial charge on any atom is -0.497 e. The van der Waals surface area contributed by atoms with E-state index in [1.165, 1.54) is 0 Å². The molecule has 1 aromatic rings. The first-order valence-electron chi connectivity index (χ1n) is 5.95. The Morgan fingerprint density at radius 1 is 1.47 bits per heavy atom. The molecule has 1 aliphatic carbocycles. The van der Waals surface area contributed by atoms with Gasteiger partial charge in [0.25, 0.3) is 0 Å². The van der Waals surface area contributed by atoms with Gasteiger partial charge in [0.15, 0.2) is 0 Å². The second-order valence-electron chi connectivity index (χ2n) is 4.25. The number of hydrogen-bond acceptors (Lipinski definition) is 3. The molecule has 92 valence electrons. The van der Waals surface area contributed by atoms with Crippen LogP contribution < -0.4 is 15.4 Å². The largest absolute Gasteiger partial charge is 0.497 e. The van der Waals surface area contributed by atoms with Crippen LogP contribution in [0.4, 0.5) is 5.69 Å². The quantitative estimate of drug-likeness (QED) is 0.788. The summed E-state index contributed by atoms with van der Waals surface area (Å²) in [4.78, 5) is 11.4. The van der Waals surface area contributed by atoms with Crippen molar-refractivity contribution >= 4 is 11.6 Å². The Kier molecular flexibility index (Phi) is 3.85. The zero-order valence-corrected chi connectivity index (χ0v) is 10.0. The second kappa shape index (κ2) is 5.57. The van der Waals surface area contributed by atoms with Gasteiger partial charge in [-0.25, -0.2) is 0 Å². The summed E-state index contributed by atoms with van der Waals surface area (Å²) in [6.07, 6.45) is 2.78. The number of rotatable bonds is 6. The minimum atomic E-state index is 0.128. The molecule has 0 bridgehead atoms. The van der Waals surface area contributed by atoms with Crippen LogP contribution in [0.3, 0.4) is 0 Å². The van der Waals surface area contributed by atoms with Crippen LogP contribution in [-0.2, 0) is 4.79 Å². The molecule has 4 nitrogen and oxygen atoms in total. The first-order valence-corrected chi connectivity index (χ1v) is 5.95. The van der Waals surface area contributed by atoms with Gasteiger partial charge < -0.3 is 15.4 Å². The van der Waals surface area contributed by atoms with E-state index >= 15 is 0 Å². The van der Waals surface area contributed by atoms with E-state index in [0.29, 0.717) is 19.0 Å². The van der Waals surface area contributed by atoms with Gasteiger partial charge in [0.1, 0.15) is 5.75 Å². The Bertz CT molecular complexity index is 389. The van der Waals surface area contributed by atoms with Crippen LogP contribution in [-0.4, -0.2) is 25.6 Å². The Balaban J connectivity index is 1.71. The van der Waals surface area contributed by atoms with Crippen LogP contribution in [0.2, 0.25) is 0 Å². The van der Waals surface area contributed by atoms with Crippen molar-refractivity contribution in [2.45, 2.75) is 25.3 Å². The van der Waals surface area contributed by atoms with Crippen molar-refractivity contribution in [1.82, 2.24) is 5.32 Å². The lowest BCUT2D eigenvalue weighted by Crippen LogP contribution is -2.27. The van der Waals surface area contributed by atoms with Crippen LogP contribution >= 0.6 is 0 Å². The molecule has 1 amide bonds. The zero-order chi connectivity index (χ0) is 12.1. The number of nitrogens with one attached hydrogen (secondary N) is 2. The van der Waals surface area contributed by atoms with E-state index in [-0.39, 0.29) is 5.91 Å². The summed E-state index contributed by atoms with van der Waals surface area (Å²) in [5.41, 5.74) is 0.976. The Hall–Kier alpha value is -1.71. The molecule has 1 fully saturated rings. The van der Waals surface area contributed by atoms with E-state index in [0.717, 1.165) is 24.3 Å². The molecule has 0 spiro atoms. The maximum absolute atomic E-state index is 11.4. The van der Waals surface area contributed by atoms with Crippen LogP contribution in [0.1, 0.15) is 19.3 Å². The summed E-state index contributed by atoms with van der Waals surface area (Å²) in [5.74, 6) is 0.945. The third kappa shape index (κ3) is 3.98. The molecule has 0 unspecified atom stereocenters. The topological polar surface area (TPSA) is 50.4 Å². The number of hydrogen-bond donors (Lipinski definition) is 2. The molecule has 4 heteroatoms. The molecule has 0 atom stereocenters. The monoisotopic (exact) mass is 234 g/mol. The molecular formula is C13H18N2O2. The molecule has 0 saturated heterocycles. The predicted octanol–water partition coefficient (Wildman–Crippen LogP) is 1.78. The number of methoxy groups -OCH3 is 1. The predicted molar refractivity (Wildman–Crippen MR) is 67.3 cm³/mol. The van der Waals surface area contributed by atoms with Gasteiger partial charge in [-0.1, -0.05) is 6.07 Å². The lowest BCUT2D eigenvalue weighted by molar-refractivity contribution is -0.120. The molecule has 0 radical (unpaired) electrons.